The number of para-hydroxylation sites is 1. The molecule has 3 aliphatic rings. The van der Waals surface area contributed by atoms with Gasteiger partial charge in [0, 0.05) is 12.0 Å². The van der Waals surface area contributed by atoms with Crippen LogP contribution in [0, 0.1) is 0 Å². The first-order valence-corrected chi connectivity index (χ1v) is 9.08. The van der Waals surface area contributed by atoms with Gasteiger partial charge in [0.25, 0.3) is 0 Å². The van der Waals surface area contributed by atoms with Gasteiger partial charge in [-0.3, -0.25) is 4.79 Å². The lowest BCUT2D eigenvalue weighted by Gasteiger charge is -2.40. The normalized spacial score (nSPS) is 27.7. The van der Waals surface area contributed by atoms with Crippen LogP contribution in [0.15, 0.2) is 24.3 Å². The van der Waals surface area contributed by atoms with Gasteiger partial charge in [0.1, 0.15) is 11.4 Å². The van der Waals surface area contributed by atoms with Gasteiger partial charge < -0.3 is 15.4 Å². The zero-order chi connectivity index (χ0) is 15.7. The van der Waals surface area contributed by atoms with E-state index in [0.717, 1.165) is 50.0 Å². The van der Waals surface area contributed by atoms with E-state index in [2.05, 4.69) is 16.7 Å². The number of hydrogen-bond donors (Lipinski definition) is 2. The maximum absolute atomic E-state index is 12.7. The van der Waals surface area contributed by atoms with Crippen molar-refractivity contribution in [1.29, 1.82) is 0 Å². The van der Waals surface area contributed by atoms with Crippen molar-refractivity contribution in [2.24, 2.45) is 0 Å². The minimum atomic E-state index is -0.0632. The van der Waals surface area contributed by atoms with Crippen LogP contribution in [-0.2, 0) is 4.79 Å². The summed E-state index contributed by atoms with van der Waals surface area (Å²) in [7, 11) is 0. The molecule has 4 rings (SSSR count). The molecule has 2 aliphatic heterocycles. The average Bonchev–Trinajstić information content (AvgIpc) is 3.03. The lowest BCUT2D eigenvalue weighted by Crippen LogP contribution is -2.50. The SMILES string of the molecule is Cl.O=C(NC1CC2(CCCC2)Oc2ccccc21)C1CCCCN1. The number of halogens is 1. The topological polar surface area (TPSA) is 50.4 Å². The zero-order valence-electron chi connectivity index (χ0n) is 14.1. The smallest absolute Gasteiger partial charge is 0.237 e. The minimum Gasteiger partial charge on any atom is -0.487 e. The molecular formula is C19H27ClN2O2. The molecule has 1 amide bonds. The van der Waals surface area contributed by atoms with Gasteiger partial charge in [-0.15, -0.1) is 12.4 Å². The third kappa shape index (κ3) is 3.40. The number of benzene rings is 1. The lowest BCUT2D eigenvalue weighted by molar-refractivity contribution is -0.125. The van der Waals surface area contributed by atoms with Crippen molar-refractivity contribution < 1.29 is 9.53 Å². The lowest BCUT2D eigenvalue weighted by atomic mass is 9.85. The molecule has 1 aliphatic carbocycles. The first-order valence-electron chi connectivity index (χ1n) is 9.08. The molecule has 4 nitrogen and oxygen atoms in total. The van der Waals surface area contributed by atoms with Crippen molar-refractivity contribution >= 4 is 18.3 Å². The number of rotatable bonds is 2. The number of hydrogen-bond acceptors (Lipinski definition) is 3. The number of ether oxygens (including phenoxy) is 1. The Balaban J connectivity index is 0.00000169. The molecule has 2 N–H and O–H groups in total. The van der Waals surface area contributed by atoms with Crippen LogP contribution in [0.1, 0.15) is 63.0 Å². The standard InChI is InChI=1S/C19H26N2O2.ClH/c22-18(15-8-3-6-12-20-15)21-16-13-19(10-4-5-11-19)23-17-9-2-1-7-14(16)17;/h1-2,7,9,15-16,20H,3-6,8,10-13H2,(H,21,22);1H. The van der Waals surface area contributed by atoms with Gasteiger partial charge in [-0.25, -0.2) is 0 Å². The van der Waals surface area contributed by atoms with E-state index in [-0.39, 0.29) is 36.0 Å². The van der Waals surface area contributed by atoms with Crippen LogP contribution in [0.5, 0.6) is 5.75 Å². The number of amides is 1. The second-order valence-electron chi connectivity index (χ2n) is 7.30. The third-order valence-electron chi connectivity index (χ3n) is 5.66. The largest absolute Gasteiger partial charge is 0.487 e. The van der Waals surface area contributed by atoms with E-state index < -0.39 is 0 Å². The molecule has 2 atom stereocenters. The second kappa shape index (κ2) is 7.32. The molecule has 2 unspecified atom stereocenters. The zero-order valence-corrected chi connectivity index (χ0v) is 14.9. The van der Waals surface area contributed by atoms with Gasteiger partial charge in [0.2, 0.25) is 5.91 Å². The van der Waals surface area contributed by atoms with Crippen molar-refractivity contribution in [1.82, 2.24) is 10.6 Å². The molecule has 24 heavy (non-hydrogen) atoms. The number of fused-ring (bicyclic) bond motifs is 1. The average molecular weight is 351 g/mol. The number of carbonyl (C=O) groups excluding carboxylic acids is 1. The van der Waals surface area contributed by atoms with Crippen LogP contribution in [0.2, 0.25) is 0 Å². The monoisotopic (exact) mass is 350 g/mol. The second-order valence-corrected chi connectivity index (χ2v) is 7.30. The van der Waals surface area contributed by atoms with Crippen LogP contribution in [-0.4, -0.2) is 24.1 Å². The van der Waals surface area contributed by atoms with E-state index in [4.69, 9.17) is 4.74 Å². The number of piperidine rings is 1. The molecule has 0 radical (unpaired) electrons. The van der Waals surface area contributed by atoms with E-state index in [0.29, 0.717) is 0 Å². The first kappa shape index (κ1) is 17.6. The van der Waals surface area contributed by atoms with Gasteiger partial charge in [-0.1, -0.05) is 24.6 Å². The highest BCUT2D eigenvalue weighted by Crippen LogP contribution is 2.47. The third-order valence-corrected chi connectivity index (χ3v) is 5.66. The van der Waals surface area contributed by atoms with Gasteiger partial charge in [0.05, 0.1) is 12.1 Å². The fourth-order valence-corrected chi connectivity index (χ4v) is 4.42. The van der Waals surface area contributed by atoms with Crippen molar-refractivity contribution in [3.63, 3.8) is 0 Å². The fourth-order valence-electron chi connectivity index (χ4n) is 4.42. The Morgan fingerprint density at radius 3 is 2.71 bits per heavy atom. The van der Waals surface area contributed by atoms with Gasteiger partial charge in [-0.05, 0) is 51.1 Å². The van der Waals surface area contributed by atoms with Crippen molar-refractivity contribution in [2.75, 3.05) is 6.54 Å². The molecular weight excluding hydrogens is 324 g/mol. The van der Waals surface area contributed by atoms with Crippen LogP contribution in [0.3, 0.4) is 0 Å². The summed E-state index contributed by atoms with van der Waals surface area (Å²) in [5.74, 6) is 1.11. The van der Waals surface area contributed by atoms with E-state index in [1.165, 1.54) is 19.3 Å². The van der Waals surface area contributed by atoms with Gasteiger partial charge in [0.15, 0.2) is 0 Å². The molecule has 1 aromatic carbocycles. The summed E-state index contributed by atoms with van der Waals surface area (Å²) >= 11 is 0. The highest BCUT2D eigenvalue weighted by molar-refractivity contribution is 5.85. The highest BCUT2D eigenvalue weighted by Gasteiger charge is 2.43. The molecule has 1 saturated heterocycles. The van der Waals surface area contributed by atoms with Crippen LogP contribution < -0.4 is 15.4 Å². The quantitative estimate of drug-likeness (QED) is 0.858. The Labute approximate surface area is 150 Å². The molecule has 0 aromatic heterocycles. The number of nitrogens with one attached hydrogen (secondary N) is 2. The van der Waals surface area contributed by atoms with Gasteiger partial charge in [-0.2, -0.15) is 0 Å². The molecule has 5 heteroatoms. The Morgan fingerprint density at radius 1 is 1.17 bits per heavy atom. The summed E-state index contributed by atoms with van der Waals surface area (Å²) in [6.45, 7) is 0.951. The Morgan fingerprint density at radius 2 is 1.96 bits per heavy atom. The Kier molecular flexibility index (Phi) is 5.36. The number of carbonyl (C=O) groups is 1. The van der Waals surface area contributed by atoms with Crippen molar-refractivity contribution in [3.8, 4) is 5.75 Å². The van der Waals surface area contributed by atoms with E-state index in [1.54, 1.807) is 0 Å². The maximum Gasteiger partial charge on any atom is 0.237 e. The minimum absolute atomic E-state index is 0. The summed E-state index contributed by atoms with van der Waals surface area (Å²) in [4.78, 5) is 12.7. The summed E-state index contributed by atoms with van der Waals surface area (Å²) in [5, 5.41) is 6.66. The summed E-state index contributed by atoms with van der Waals surface area (Å²) in [5.41, 5.74) is 1.07. The predicted molar refractivity (Wildman–Crippen MR) is 96.7 cm³/mol. The highest BCUT2D eigenvalue weighted by atomic mass is 35.5. The predicted octanol–water partition coefficient (Wildman–Crippen LogP) is 3.50. The summed E-state index contributed by atoms with van der Waals surface area (Å²) in [6.07, 6.45) is 8.83. The van der Waals surface area contributed by atoms with E-state index in [1.807, 2.05) is 18.2 Å². The van der Waals surface area contributed by atoms with Crippen molar-refractivity contribution in [3.05, 3.63) is 29.8 Å². The fraction of sp³-hybridized carbons (Fsp3) is 0.632. The Bertz CT molecular complexity index is 580. The Hall–Kier alpha value is -1.26. The molecule has 2 heterocycles. The molecule has 1 saturated carbocycles. The van der Waals surface area contributed by atoms with E-state index >= 15 is 0 Å². The van der Waals surface area contributed by atoms with Crippen LogP contribution in [0.4, 0.5) is 0 Å². The molecule has 2 fully saturated rings. The van der Waals surface area contributed by atoms with Gasteiger partial charge >= 0.3 is 0 Å². The maximum atomic E-state index is 12.7. The first-order chi connectivity index (χ1) is 11.3. The molecule has 0 bridgehead atoms. The molecule has 1 spiro atoms. The summed E-state index contributed by atoms with van der Waals surface area (Å²) < 4.78 is 6.37. The molecule has 1 aromatic rings. The molecule has 132 valence electrons. The van der Waals surface area contributed by atoms with Crippen LogP contribution in [0.25, 0.3) is 0 Å². The van der Waals surface area contributed by atoms with Crippen molar-refractivity contribution in [2.45, 2.75) is 69.1 Å². The van der Waals surface area contributed by atoms with Crippen LogP contribution >= 0.6 is 12.4 Å². The summed E-state index contributed by atoms with van der Waals surface area (Å²) in [6, 6.07) is 8.25. The van der Waals surface area contributed by atoms with E-state index in [9.17, 15) is 4.79 Å².